The number of nitrogens with one attached hydrogen (secondary N) is 1. The second-order valence-electron chi connectivity index (χ2n) is 6.34. The Balaban J connectivity index is 2.26. The fourth-order valence-electron chi connectivity index (χ4n) is 2.17. The van der Waals surface area contributed by atoms with Crippen LogP contribution in [-0.4, -0.2) is 26.6 Å². The lowest BCUT2D eigenvalue weighted by Gasteiger charge is -2.19. The molecule has 1 saturated heterocycles. The number of amides is 1. The van der Waals surface area contributed by atoms with Gasteiger partial charge >= 0.3 is 0 Å². The maximum absolute atomic E-state index is 11.9. The Kier molecular flexibility index (Phi) is 4.56. The molecule has 0 radical (unpaired) electrons. The van der Waals surface area contributed by atoms with Crippen LogP contribution in [0, 0.1) is 0 Å². The number of sulfone groups is 1. The molecule has 1 aromatic carbocycles. The Morgan fingerprint density at radius 1 is 1.23 bits per heavy atom. The number of hydrogen-bond donors (Lipinski definition) is 1. The Bertz CT molecular complexity index is 737. The molecule has 118 valence electrons. The minimum Gasteiger partial charge on any atom is -0.350 e. The van der Waals surface area contributed by atoms with Crippen molar-refractivity contribution in [3.63, 3.8) is 0 Å². The first-order valence-electron chi connectivity index (χ1n) is 7.20. The molecule has 1 amide bonds. The summed E-state index contributed by atoms with van der Waals surface area (Å²) in [5, 5.41) is 2.55. The summed E-state index contributed by atoms with van der Waals surface area (Å²) in [6.07, 6.45) is 4.78. The van der Waals surface area contributed by atoms with Crippen LogP contribution in [0.25, 0.3) is 6.08 Å². The van der Waals surface area contributed by atoms with Gasteiger partial charge in [-0.05, 0) is 22.6 Å². The first-order valence-corrected chi connectivity index (χ1v) is 8.85. The lowest BCUT2D eigenvalue weighted by atomic mass is 9.86. The molecule has 1 aliphatic rings. The van der Waals surface area contributed by atoms with Crippen molar-refractivity contribution in [2.24, 2.45) is 0 Å². The van der Waals surface area contributed by atoms with Crippen molar-refractivity contribution in [2.45, 2.75) is 26.2 Å². The number of rotatable bonds is 2. The van der Waals surface area contributed by atoms with Crippen molar-refractivity contribution in [3.8, 4) is 0 Å². The van der Waals surface area contributed by atoms with E-state index in [9.17, 15) is 13.2 Å². The van der Waals surface area contributed by atoms with Gasteiger partial charge < -0.3 is 5.32 Å². The van der Waals surface area contributed by atoms with E-state index in [0.717, 1.165) is 5.56 Å². The highest BCUT2D eigenvalue weighted by atomic mass is 32.2. The van der Waals surface area contributed by atoms with E-state index in [-0.39, 0.29) is 22.6 Å². The largest absolute Gasteiger partial charge is 0.350 e. The van der Waals surface area contributed by atoms with Gasteiger partial charge in [-0.1, -0.05) is 57.2 Å². The van der Waals surface area contributed by atoms with Crippen molar-refractivity contribution in [3.05, 3.63) is 52.4 Å². The molecule has 0 aromatic heterocycles. The minimum atomic E-state index is -3.46. The summed E-state index contributed by atoms with van der Waals surface area (Å²) >= 11 is 0. The lowest BCUT2D eigenvalue weighted by Crippen LogP contribution is -2.39. The Morgan fingerprint density at radius 3 is 2.59 bits per heavy atom. The van der Waals surface area contributed by atoms with Crippen LogP contribution < -0.4 is 5.32 Å². The highest BCUT2D eigenvalue weighted by Gasteiger charge is 2.28. The van der Waals surface area contributed by atoms with Crippen molar-refractivity contribution in [2.75, 3.05) is 12.3 Å². The van der Waals surface area contributed by atoms with E-state index in [1.54, 1.807) is 12.2 Å². The van der Waals surface area contributed by atoms with Gasteiger partial charge in [0.25, 0.3) is 5.91 Å². The average molecular weight is 319 g/mol. The maximum atomic E-state index is 11.9. The van der Waals surface area contributed by atoms with Gasteiger partial charge in [0.05, 0.1) is 5.75 Å². The zero-order valence-electron chi connectivity index (χ0n) is 13.1. The summed E-state index contributed by atoms with van der Waals surface area (Å²) in [5.41, 5.74) is 2.22. The third-order valence-corrected chi connectivity index (χ3v) is 5.24. The molecule has 0 unspecified atom stereocenters. The van der Waals surface area contributed by atoms with E-state index in [4.69, 9.17) is 0 Å². The Morgan fingerprint density at radius 2 is 1.95 bits per heavy atom. The van der Waals surface area contributed by atoms with Gasteiger partial charge in [0.2, 0.25) is 0 Å². The molecule has 0 bridgehead atoms. The van der Waals surface area contributed by atoms with Crippen molar-refractivity contribution in [1.82, 2.24) is 5.32 Å². The predicted molar refractivity (Wildman–Crippen MR) is 89.1 cm³/mol. The van der Waals surface area contributed by atoms with Crippen LogP contribution in [0.5, 0.6) is 0 Å². The summed E-state index contributed by atoms with van der Waals surface area (Å²) in [4.78, 5) is 11.5. The highest BCUT2D eigenvalue weighted by molar-refractivity contribution is 7.96. The maximum Gasteiger partial charge on any atom is 0.262 e. The molecule has 1 aliphatic heterocycles. The topological polar surface area (TPSA) is 63.2 Å². The number of allylic oxidation sites excluding steroid dienone is 2. The van der Waals surface area contributed by atoms with Gasteiger partial charge in [0.15, 0.2) is 9.84 Å². The molecular formula is C17H21NO3S. The van der Waals surface area contributed by atoms with Crippen LogP contribution in [-0.2, 0) is 20.0 Å². The van der Waals surface area contributed by atoms with Crippen LogP contribution in [0.2, 0.25) is 0 Å². The van der Waals surface area contributed by atoms with Crippen LogP contribution in [0.3, 0.4) is 0 Å². The Hall–Kier alpha value is -1.88. The molecule has 1 heterocycles. The molecule has 4 nitrogen and oxygen atoms in total. The first-order chi connectivity index (χ1) is 10.2. The molecular weight excluding hydrogens is 298 g/mol. The smallest absolute Gasteiger partial charge is 0.262 e. The van der Waals surface area contributed by atoms with Gasteiger partial charge in [0.1, 0.15) is 4.91 Å². The molecule has 0 spiro atoms. The number of carbonyl (C=O) groups excluding carboxylic acids is 1. The fraction of sp³-hybridized carbons (Fsp3) is 0.353. The molecule has 1 N–H and O–H groups in total. The first kappa shape index (κ1) is 16.5. The van der Waals surface area contributed by atoms with Gasteiger partial charge in [0, 0.05) is 6.54 Å². The third-order valence-electron chi connectivity index (χ3n) is 3.50. The van der Waals surface area contributed by atoms with Gasteiger partial charge in [-0.3, -0.25) is 4.79 Å². The van der Waals surface area contributed by atoms with Gasteiger partial charge in [-0.15, -0.1) is 0 Å². The van der Waals surface area contributed by atoms with E-state index in [0.29, 0.717) is 0 Å². The normalized spacial score (nSPS) is 20.3. The van der Waals surface area contributed by atoms with Crippen LogP contribution in [0.4, 0.5) is 0 Å². The van der Waals surface area contributed by atoms with Crippen LogP contribution in [0.15, 0.2) is 41.3 Å². The molecule has 1 aromatic rings. The van der Waals surface area contributed by atoms with Crippen molar-refractivity contribution < 1.29 is 13.2 Å². The number of hydrogen-bond acceptors (Lipinski definition) is 3. The molecule has 0 aliphatic carbocycles. The molecule has 0 saturated carbocycles. The molecule has 0 atom stereocenters. The average Bonchev–Trinajstić information content (AvgIpc) is 2.41. The van der Waals surface area contributed by atoms with E-state index in [2.05, 4.69) is 38.2 Å². The summed E-state index contributed by atoms with van der Waals surface area (Å²) < 4.78 is 23.7. The van der Waals surface area contributed by atoms with Gasteiger partial charge in [-0.2, -0.15) is 0 Å². The zero-order valence-corrected chi connectivity index (χ0v) is 13.9. The Labute approximate surface area is 131 Å². The quantitative estimate of drug-likeness (QED) is 0.852. The van der Waals surface area contributed by atoms with Crippen molar-refractivity contribution >= 4 is 21.8 Å². The van der Waals surface area contributed by atoms with E-state index < -0.39 is 15.7 Å². The summed E-state index contributed by atoms with van der Waals surface area (Å²) in [5.74, 6) is -0.572. The number of benzene rings is 1. The summed E-state index contributed by atoms with van der Waals surface area (Å²) in [7, 11) is -3.46. The summed E-state index contributed by atoms with van der Waals surface area (Å²) in [6.45, 7) is 6.58. The molecule has 22 heavy (non-hydrogen) atoms. The highest BCUT2D eigenvalue weighted by Crippen LogP contribution is 2.23. The second kappa shape index (κ2) is 6.08. The second-order valence-corrected chi connectivity index (χ2v) is 8.42. The molecule has 5 heteroatoms. The van der Waals surface area contributed by atoms with Crippen molar-refractivity contribution in [1.29, 1.82) is 0 Å². The van der Waals surface area contributed by atoms with E-state index >= 15 is 0 Å². The molecule has 1 fully saturated rings. The fourth-order valence-corrected chi connectivity index (χ4v) is 3.40. The monoisotopic (exact) mass is 319 g/mol. The minimum absolute atomic E-state index is 0.0437. The SMILES string of the molecule is CC(C)(C)c1cccc(/C=C/C=C2\C(=O)NCCS2(=O)=O)c1. The standard InChI is InChI=1S/C17H21NO3S/c1-17(2,3)14-8-4-6-13(12-14)7-5-9-15-16(19)18-10-11-22(15,20)21/h4-9,12H,10-11H2,1-3H3,(H,18,19)/b7-5+,15-9+. The molecule has 2 rings (SSSR count). The van der Waals surface area contributed by atoms with E-state index in [1.165, 1.54) is 11.6 Å². The van der Waals surface area contributed by atoms with Crippen LogP contribution >= 0.6 is 0 Å². The van der Waals surface area contributed by atoms with E-state index in [1.807, 2.05) is 12.1 Å². The summed E-state index contributed by atoms with van der Waals surface area (Å²) in [6, 6.07) is 8.04. The van der Waals surface area contributed by atoms with Gasteiger partial charge in [-0.25, -0.2) is 8.42 Å². The van der Waals surface area contributed by atoms with Crippen LogP contribution in [0.1, 0.15) is 31.9 Å². The predicted octanol–water partition coefficient (Wildman–Crippen LogP) is 2.43. The third kappa shape index (κ3) is 3.85. The lowest BCUT2D eigenvalue weighted by molar-refractivity contribution is -0.116. The zero-order chi connectivity index (χ0) is 16.4. The number of carbonyl (C=O) groups is 1.